The van der Waals surface area contributed by atoms with Crippen LogP contribution in [-0.4, -0.2) is 4.98 Å². The Hall–Kier alpha value is -1.94. The van der Waals surface area contributed by atoms with Gasteiger partial charge in [0.2, 0.25) is 5.89 Å². The second kappa shape index (κ2) is 5.11. The first-order valence-electron chi connectivity index (χ1n) is 7.18. The van der Waals surface area contributed by atoms with Crippen LogP contribution < -0.4 is 5.73 Å². The lowest BCUT2D eigenvalue weighted by Gasteiger charge is -2.03. The number of fused-ring (bicyclic) bond motifs is 2. The highest BCUT2D eigenvalue weighted by molar-refractivity contribution is 7.98. The predicted octanol–water partition coefficient (Wildman–Crippen LogP) is 4.19. The third kappa shape index (κ3) is 2.40. The van der Waals surface area contributed by atoms with Crippen LogP contribution in [-0.2, 0) is 18.6 Å². The summed E-state index contributed by atoms with van der Waals surface area (Å²) in [6, 6.07) is 12.4. The highest BCUT2D eigenvalue weighted by atomic mass is 32.2. The van der Waals surface area contributed by atoms with Crippen LogP contribution in [0.1, 0.15) is 23.4 Å². The first-order chi connectivity index (χ1) is 10.3. The van der Waals surface area contributed by atoms with Crippen molar-refractivity contribution in [2.24, 2.45) is 0 Å². The summed E-state index contributed by atoms with van der Waals surface area (Å²) in [6.07, 6.45) is 3.72. The molecule has 1 aliphatic rings. The van der Waals surface area contributed by atoms with Crippen molar-refractivity contribution in [1.82, 2.24) is 4.98 Å². The van der Waals surface area contributed by atoms with Crippen LogP contribution in [0, 0.1) is 0 Å². The Balaban J connectivity index is 1.54. The molecule has 1 aromatic heterocycles. The SMILES string of the molecule is Nc1cccc2oc(CSc3ccc4c(c3)CCC4)nc12. The Morgan fingerprint density at radius 3 is 2.95 bits per heavy atom. The Morgan fingerprint density at radius 1 is 1.14 bits per heavy atom. The molecule has 0 fully saturated rings. The van der Waals surface area contributed by atoms with E-state index in [1.165, 1.54) is 35.3 Å². The monoisotopic (exact) mass is 296 g/mol. The molecule has 2 aromatic carbocycles. The second-order valence-corrected chi connectivity index (χ2v) is 6.42. The number of aromatic nitrogens is 1. The lowest BCUT2D eigenvalue weighted by atomic mass is 10.1. The van der Waals surface area contributed by atoms with E-state index in [9.17, 15) is 0 Å². The molecule has 0 amide bonds. The zero-order valence-electron chi connectivity index (χ0n) is 11.6. The molecule has 0 aliphatic heterocycles. The third-order valence-corrected chi connectivity index (χ3v) is 4.91. The molecule has 4 rings (SSSR count). The number of benzene rings is 2. The molecule has 0 saturated heterocycles. The molecule has 21 heavy (non-hydrogen) atoms. The lowest BCUT2D eigenvalue weighted by Crippen LogP contribution is -1.86. The minimum absolute atomic E-state index is 0.671. The molecule has 3 nitrogen and oxygen atoms in total. The van der Waals surface area contributed by atoms with Crippen LogP contribution in [0.25, 0.3) is 11.1 Å². The standard InChI is InChI=1S/C17H16N2OS/c18-14-5-2-6-15-17(14)19-16(20-15)10-21-13-8-7-11-3-1-4-12(11)9-13/h2,5-9H,1,3-4,10,18H2. The van der Waals surface area contributed by atoms with E-state index < -0.39 is 0 Å². The summed E-state index contributed by atoms with van der Waals surface area (Å²) < 4.78 is 5.75. The van der Waals surface area contributed by atoms with E-state index in [-0.39, 0.29) is 0 Å². The molecular formula is C17H16N2OS. The van der Waals surface area contributed by atoms with E-state index in [0.29, 0.717) is 5.69 Å². The molecule has 0 spiro atoms. The molecular weight excluding hydrogens is 280 g/mol. The van der Waals surface area contributed by atoms with Gasteiger partial charge in [0.25, 0.3) is 0 Å². The molecule has 0 atom stereocenters. The van der Waals surface area contributed by atoms with Crippen molar-refractivity contribution in [3.05, 3.63) is 53.4 Å². The maximum Gasteiger partial charge on any atom is 0.205 e. The van der Waals surface area contributed by atoms with Crippen LogP contribution >= 0.6 is 11.8 Å². The normalized spacial score (nSPS) is 13.7. The Bertz CT molecular complexity index is 810. The van der Waals surface area contributed by atoms with Crippen molar-refractivity contribution < 1.29 is 4.42 Å². The summed E-state index contributed by atoms with van der Waals surface area (Å²) >= 11 is 1.76. The van der Waals surface area contributed by atoms with Crippen molar-refractivity contribution in [3.8, 4) is 0 Å². The van der Waals surface area contributed by atoms with Crippen LogP contribution in [0.3, 0.4) is 0 Å². The molecule has 2 N–H and O–H groups in total. The predicted molar refractivity (Wildman–Crippen MR) is 86.4 cm³/mol. The molecule has 1 heterocycles. The van der Waals surface area contributed by atoms with Gasteiger partial charge in [-0.05, 0) is 54.7 Å². The summed E-state index contributed by atoms with van der Waals surface area (Å²) in [5.74, 6) is 1.46. The van der Waals surface area contributed by atoms with Gasteiger partial charge < -0.3 is 10.2 Å². The number of para-hydroxylation sites is 1. The van der Waals surface area contributed by atoms with E-state index in [0.717, 1.165) is 22.7 Å². The van der Waals surface area contributed by atoms with Crippen molar-refractivity contribution >= 4 is 28.5 Å². The highest BCUT2D eigenvalue weighted by Gasteiger charge is 2.12. The van der Waals surface area contributed by atoms with Crippen molar-refractivity contribution in [2.75, 3.05) is 5.73 Å². The summed E-state index contributed by atoms with van der Waals surface area (Å²) in [5, 5.41) is 0. The quantitative estimate of drug-likeness (QED) is 0.581. The number of anilines is 1. The van der Waals surface area contributed by atoms with Crippen molar-refractivity contribution in [3.63, 3.8) is 0 Å². The third-order valence-electron chi connectivity index (χ3n) is 3.93. The maximum absolute atomic E-state index is 5.91. The van der Waals surface area contributed by atoms with E-state index in [1.807, 2.05) is 18.2 Å². The number of thioether (sulfide) groups is 1. The van der Waals surface area contributed by atoms with Crippen molar-refractivity contribution in [1.29, 1.82) is 0 Å². The number of nitrogens with zero attached hydrogens (tertiary/aromatic N) is 1. The fourth-order valence-electron chi connectivity index (χ4n) is 2.86. The van der Waals surface area contributed by atoms with E-state index in [1.54, 1.807) is 11.8 Å². The Kier molecular flexibility index (Phi) is 3.11. The van der Waals surface area contributed by atoms with Gasteiger partial charge in [0.1, 0.15) is 5.52 Å². The van der Waals surface area contributed by atoms with Crippen LogP contribution in [0.15, 0.2) is 45.7 Å². The molecule has 0 saturated carbocycles. The Morgan fingerprint density at radius 2 is 2.05 bits per heavy atom. The number of aryl methyl sites for hydroxylation is 2. The van der Waals surface area contributed by atoms with Gasteiger partial charge >= 0.3 is 0 Å². The zero-order chi connectivity index (χ0) is 14.2. The average molecular weight is 296 g/mol. The average Bonchev–Trinajstić information content (AvgIpc) is 3.11. The molecule has 106 valence electrons. The summed E-state index contributed by atoms with van der Waals surface area (Å²) in [4.78, 5) is 5.77. The van der Waals surface area contributed by atoms with E-state index >= 15 is 0 Å². The van der Waals surface area contributed by atoms with Gasteiger partial charge in [-0.15, -0.1) is 11.8 Å². The van der Waals surface area contributed by atoms with Gasteiger partial charge in [0.05, 0.1) is 11.4 Å². The summed E-state index contributed by atoms with van der Waals surface area (Å²) in [7, 11) is 0. The first kappa shape index (κ1) is 12.8. The topological polar surface area (TPSA) is 52.0 Å². The lowest BCUT2D eigenvalue weighted by molar-refractivity contribution is 0.556. The largest absolute Gasteiger partial charge is 0.440 e. The van der Waals surface area contributed by atoms with E-state index in [4.69, 9.17) is 10.2 Å². The van der Waals surface area contributed by atoms with Gasteiger partial charge in [-0.25, -0.2) is 4.98 Å². The van der Waals surface area contributed by atoms with Gasteiger partial charge in [-0.3, -0.25) is 0 Å². The number of nitrogens with two attached hydrogens (primary N) is 1. The van der Waals surface area contributed by atoms with Crippen molar-refractivity contribution in [2.45, 2.75) is 29.9 Å². The molecule has 1 aliphatic carbocycles. The number of hydrogen-bond acceptors (Lipinski definition) is 4. The number of oxazole rings is 1. The minimum atomic E-state index is 0.671. The fourth-order valence-corrected chi connectivity index (χ4v) is 3.66. The second-order valence-electron chi connectivity index (χ2n) is 5.37. The smallest absolute Gasteiger partial charge is 0.205 e. The summed E-state index contributed by atoms with van der Waals surface area (Å²) in [5.41, 5.74) is 11.1. The molecule has 0 unspecified atom stereocenters. The molecule has 0 radical (unpaired) electrons. The van der Waals surface area contributed by atoms with E-state index in [2.05, 4.69) is 23.2 Å². The number of nitrogen functional groups attached to an aromatic ring is 1. The molecule has 0 bridgehead atoms. The van der Waals surface area contributed by atoms with Gasteiger partial charge in [-0.1, -0.05) is 12.1 Å². The molecule has 3 aromatic rings. The van der Waals surface area contributed by atoms with Crippen LogP contribution in [0.5, 0.6) is 0 Å². The number of rotatable bonds is 3. The Labute approximate surface area is 127 Å². The van der Waals surface area contributed by atoms with Gasteiger partial charge in [-0.2, -0.15) is 0 Å². The zero-order valence-corrected chi connectivity index (χ0v) is 12.5. The molecule has 4 heteroatoms. The maximum atomic E-state index is 5.91. The minimum Gasteiger partial charge on any atom is -0.440 e. The van der Waals surface area contributed by atoms with Gasteiger partial charge in [0, 0.05) is 4.90 Å². The highest BCUT2D eigenvalue weighted by Crippen LogP contribution is 2.30. The van der Waals surface area contributed by atoms with Crippen LogP contribution in [0.2, 0.25) is 0 Å². The fraction of sp³-hybridized carbons (Fsp3) is 0.235. The summed E-state index contributed by atoms with van der Waals surface area (Å²) in [6.45, 7) is 0. The first-order valence-corrected chi connectivity index (χ1v) is 8.17. The van der Waals surface area contributed by atoms with Crippen LogP contribution in [0.4, 0.5) is 5.69 Å². The number of hydrogen-bond donors (Lipinski definition) is 1. The van der Waals surface area contributed by atoms with Gasteiger partial charge in [0.15, 0.2) is 5.58 Å².